The van der Waals surface area contributed by atoms with Crippen molar-refractivity contribution < 1.29 is 4.39 Å². The van der Waals surface area contributed by atoms with Gasteiger partial charge in [0.05, 0.1) is 17.3 Å². The van der Waals surface area contributed by atoms with Crippen LogP contribution in [0, 0.1) is 24.1 Å². The first kappa shape index (κ1) is 11.6. The Morgan fingerprint density at radius 3 is 2.76 bits per heavy atom. The zero-order valence-corrected chi connectivity index (χ0v) is 10.1. The third-order valence-corrected chi connectivity index (χ3v) is 3.35. The van der Waals surface area contributed by atoms with E-state index in [0.29, 0.717) is 17.8 Å². The number of halogens is 1. The SMILES string of the molecule is Cc1ccc(CNc2ccc(C#N)cc2F)s1. The lowest BCUT2D eigenvalue weighted by atomic mass is 10.2. The smallest absolute Gasteiger partial charge is 0.147 e. The van der Waals surface area contributed by atoms with Crippen LogP contribution in [0.2, 0.25) is 0 Å². The Kier molecular flexibility index (Phi) is 3.40. The molecule has 17 heavy (non-hydrogen) atoms. The summed E-state index contributed by atoms with van der Waals surface area (Å²) in [7, 11) is 0. The minimum Gasteiger partial charge on any atom is -0.378 e. The molecule has 0 aliphatic rings. The second kappa shape index (κ2) is 4.98. The molecule has 2 rings (SSSR count). The van der Waals surface area contributed by atoms with Crippen molar-refractivity contribution in [1.29, 1.82) is 5.26 Å². The normalized spacial score (nSPS) is 9.94. The lowest BCUT2D eigenvalue weighted by molar-refractivity contribution is 0.629. The van der Waals surface area contributed by atoms with Gasteiger partial charge in [0.2, 0.25) is 0 Å². The molecular weight excluding hydrogens is 235 g/mol. The highest BCUT2D eigenvalue weighted by Crippen LogP contribution is 2.19. The van der Waals surface area contributed by atoms with E-state index >= 15 is 0 Å². The summed E-state index contributed by atoms with van der Waals surface area (Å²) < 4.78 is 13.5. The molecule has 0 amide bonds. The van der Waals surface area contributed by atoms with Gasteiger partial charge >= 0.3 is 0 Å². The van der Waals surface area contributed by atoms with Crippen LogP contribution in [-0.2, 0) is 6.54 Å². The second-order valence-corrected chi connectivity index (χ2v) is 5.04. The summed E-state index contributed by atoms with van der Waals surface area (Å²) in [6, 6.07) is 10.4. The van der Waals surface area contributed by atoms with Crippen molar-refractivity contribution in [2.24, 2.45) is 0 Å². The molecule has 0 atom stereocenters. The highest BCUT2D eigenvalue weighted by Gasteiger charge is 2.03. The number of thiophene rings is 1. The van der Waals surface area contributed by atoms with Gasteiger partial charge in [-0.15, -0.1) is 11.3 Å². The van der Waals surface area contributed by atoms with Crippen molar-refractivity contribution in [1.82, 2.24) is 0 Å². The molecule has 0 unspecified atom stereocenters. The van der Waals surface area contributed by atoms with E-state index in [-0.39, 0.29) is 0 Å². The molecule has 2 nitrogen and oxygen atoms in total. The first-order valence-corrected chi connectivity index (χ1v) is 5.99. The molecule has 86 valence electrons. The zero-order chi connectivity index (χ0) is 12.3. The Balaban J connectivity index is 2.07. The van der Waals surface area contributed by atoms with Gasteiger partial charge in [-0.05, 0) is 37.3 Å². The van der Waals surface area contributed by atoms with Gasteiger partial charge in [0.25, 0.3) is 0 Å². The van der Waals surface area contributed by atoms with E-state index in [0.717, 1.165) is 4.88 Å². The fraction of sp³-hybridized carbons (Fsp3) is 0.154. The number of anilines is 1. The maximum Gasteiger partial charge on any atom is 0.147 e. The standard InChI is InChI=1S/C13H11FN2S/c1-9-2-4-11(17-9)8-16-13-5-3-10(7-15)6-12(13)14/h2-6,16H,8H2,1H3. The van der Waals surface area contributed by atoms with Crippen molar-refractivity contribution in [3.63, 3.8) is 0 Å². The number of aryl methyl sites for hydroxylation is 1. The van der Waals surface area contributed by atoms with Crippen LogP contribution in [0.3, 0.4) is 0 Å². The summed E-state index contributed by atoms with van der Waals surface area (Å²) in [6.45, 7) is 2.64. The van der Waals surface area contributed by atoms with E-state index in [4.69, 9.17) is 5.26 Å². The van der Waals surface area contributed by atoms with Gasteiger partial charge in [0.15, 0.2) is 0 Å². The average molecular weight is 246 g/mol. The molecule has 0 saturated heterocycles. The Labute approximate surface area is 103 Å². The lowest BCUT2D eigenvalue weighted by Gasteiger charge is -2.06. The molecule has 0 fully saturated rings. The van der Waals surface area contributed by atoms with Crippen molar-refractivity contribution in [3.8, 4) is 6.07 Å². The van der Waals surface area contributed by atoms with Crippen LogP contribution in [0.1, 0.15) is 15.3 Å². The number of nitrogens with one attached hydrogen (secondary N) is 1. The Bertz CT molecular complexity index is 569. The lowest BCUT2D eigenvalue weighted by Crippen LogP contribution is -1.99. The number of hydrogen-bond acceptors (Lipinski definition) is 3. The number of rotatable bonds is 3. The summed E-state index contributed by atoms with van der Waals surface area (Å²) in [5.41, 5.74) is 0.759. The summed E-state index contributed by atoms with van der Waals surface area (Å²) in [4.78, 5) is 2.40. The van der Waals surface area contributed by atoms with Crippen molar-refractivity contribution in [2.75, 3.05) is 5.32 Å². The summed E-state index contributed by atoms with van der Waals surface area (Å²) in [5, 5.41) is 11.6. The van der Waals surface area contributed by atoms with Crippen LogP contribution in [-0.4, -0.2) is 0 Å². The predicted octanol–water partition coefficient (Wildman–Crippen LogP) is 3.68. The highest BCUT2D eigenvalue weighted by molar-refractivity contribution is 7.11. The number of nitrogens with zero attached hydrogens (tertiary/aromatic N) is 1. The number of nitriles is 1. The van der Waals surface area contributed by atoms with Gasteiger partial charge in [-0.1, -0.05) is 0 Å². The number of hydrogen-bond donors (Lipinski definition) is 1. The van der Waals surface area contributed by atoms with E-state index in [1.807, 2.05) is 25.1 Å². The van der Waals surface area contributed by atoms with Gasteiger partial charge in [0.1, 0.15) is 5.82 Å². The molecule has 0 spiro atoms. The maximum absolute atomic E-state index is 13.5. The van der Waals surface area contributed by atoms with Crippen LogP contribution >= 0.6 is 11.3 Å². The minimum atomic E-state index is -0.391. The quantitative estimate of drug-likeness (QED) is 0.896. The summed E-state index contributed by atoms with van der Waals surface area (Å²) >= 11 is 1.68. The van der Waals surface area contributed by atoms with Crippen molar-refractivity contribution >= 4 is 17.0 Å². The molecule has 0 saturated carbocycles. The molecular formula is C13H11FN2S. The highest BCUT2D eigenvalue weighted by atomic mass is 32.1. The van der Waals surface area contributed by atoms with Gasteiger partial charge < -0.3 is 5.32 Å². The Morgan fingerprint density at radius 2 is 2.18 bits per heavy atom. The molecule has 0 aliphatic carbocycles. The Morgan fingerprint density at radius 1 is 1.35 bits per heavy atom. The van der Waals surface area contributed by atoms with Crippen molar-refractivity contribution in [2.45, 2.75) is 13.5 Å². The predicted molar refractivity (Wildman–Crippen MR) is 67.5 cm³/mol. The van der Waals surface area contributed by atoms with Crippen LogP contribution in [0.25, 0.3) is 0 Å². The second-order valence-electron chi connectivity index (χ2n) is 3.67. The van der Waals surface area contributed by atoms with Gasteiger partial charge in [-0.25, -0.2) is 4.39 Å². The third-order valence-electron chi connectivity index (χ3n) is 2.35. The molecule has 0 bridgehead atoms. The molecule has 2 aromatic rings. The first-order chi connectivity index (χ1) is 8.19. The third kappa shape index (κ3) is 2.83. The van der Waals surface area contributed by atoms with E-state index < -0.39 is 5.82 Å². The number of benzene rings is 1. The monoisotopic (exact) mass is 246 g/mol. The first-order valence-electron chi connectivity index (χ1n) is 5.18. The van der Waals surface area contributed by atoms with Crippen LogP contribution in [0.4, 0.5) is 10.1 Å². The fourth-order valence-corrected chi connectivity index (χ4v) is 2.32. The minimum absolute atomic E-state index is 0.333. The summed E-state index contributed by atoms with van der Waals surface area (Å²) in [5.74, 6) is -0.391. The van der Waals surface area contributed by atoms with Crippen LogP contribution in [0.5, 0.6) is 0 Å². The molecule has 1 aromatic heterocycles. The van der Waals surface area contributed by atoms with Crippen LogP contribution in [0.15, 0.2) is 30.3 Å². The Hall–Kier alpha value is -1.86. The maximum atomic E-state index is 13.5. The van der Waals surface area contributed by atoms with Crippen molar-refractivity contribution in [3.05, 3.63) is 51.5 Å². The van der Waals surface area contributed by atoms with Gasteiger partial charge in [-0.3, -0.25) is 0 Å². The van der Waals surface area contributed by atoms with E-state index in [1.54, 1.807) is 23.5 Å². The van der Waals surface area contributed by atoms with E-state index in [9.17, 15) is 4.39 Å². The van der Waals surface area contributed by atoms with Gasteiger partial charge in [0, 0.05) is 16.3 Å². The molecule has 1 aromatic carbocycles. The zero-order valence-electron chi connectivity index (χ0n) is 9.33. The topological polar surface area (TPSA) is 35.8 Å². The fourth-order valence-electron chi connectivity index (χ4n) is 1.49. The van der Waals surface area contributed by atoms with Gasteiger partial charge in [-0.2, -0.15) is 5.26 Å². The summed E-state index contributed by atoms with van der Waals surface area (Å²) in [6.07, 6.45) is 0. The molecule has 0 aliphatic heterocycles. The molecule has 4 heteroatoms. The van der Waals surface area contributed by atoms with E-state index in [2.05, 4.69) is 5.32 Å². The van der Waals surface area contributed by atoms with E-state index in [1.165, 1.54) is 10.9 Å². The molecule has 1 heterocycles. The molecule has 0 radical (unpaired) electrons. The average Bonchev–Trinajstić information content (AvgIpc) is 2.73. The largest absolute Gasteiger partial charge is 0.378 e. The van der Waals surface area contributed by atoms with Crippen LogP contribution < -0.4 is 5.32 Å². The molecule has 1 N–H and O–H groups in total.